The molecule has 2 N–H and O–H groups in total. The minimum absolute atomic E-state index is 0. The fourth-order valence-corrected chi connectivity index (χ4v) is 2.45. The summed E-state index contributed by atoms with van der Waals surface area (Å²) in [5.74, 6) is -2.82. The van der Waals surface area contributed by atoms with Gasteiger partial charge in [-0.1, -0.05) is 65.7 Å². The monoisotopic (exact) mass is 296 g/mol. The molecule has 0 aromatic heterocycles. The zero-order valence-corrected chi connectivity index (χ0v) is 12.4. The Bertz CT molecular complexity index is 276. The normalized spacial score (nSPS) is 11.2. The molecule has 0 saturated heterocycles. The number of unbranched alkanes of at least 4 members (excludes halogenated alkanes) is 6. The Morgan fingerprint density at radius 3 is 1.65 bits per heavy atom. The van der Waals surface area contributed by atoms with Gasteiger partial charge < -0.3 is 10.2 Å². The number of carboxylic acid groups (broad SMARTS) is 2. The van der Waals surface area contributed by atoms with Crippen LogP contribution >= 0.6 is 0 Å². The first kappa shape index (κ1) is 22.2. The third-order valence-corrected chi connectivity index (χ3v) is 3.92. The summed E-state index contributed by atoms with van der Waals surface area (Å²) in [4.78, 5) is 22.7. The number of carboxylic acids is 2. The molecule has 0 aromatic carbocycles. The molecule has 0 atom stereocenters. The molecule has 0 unspecified atom stereocenters. The second kappa shape index (κ2) is 11.6. The van der Waals surface area contributed by atoms with Gasteiger partial charge >= 0.3 is 41.5 Å². The van der Waals surface area contributed by atoms with Gasteiger partial charge in [-0.3, -0.25) is 9.59 Å². The molecule has 0 rings (SSSR count). The van der Waals surface area contributed by atoms with Crippen molar-refractivity contribution in [1.29, 1.82) is 0 Å². The first-order valence-electron chi connectivity index (χ1n) is 7.36. The van der Waals surface area contributed by atoms with Gasteiger partial charge in [-0.05, 0) is 12.3 Å². The van der Waals surface area contributed by atoms with E-state index in [1.165, 1.54) is 19.3 Å². The fourth-order valence-electron chi connectivity index (χ4n) is 2.45. The van der Waals surface area contributed by atoms with E-state index in [-0.39, 0.29) is 36.0 Å². The predicted molar refractivity (Wildman–Crippen MR) is 82.3 cm³/mol. The standard InChI is InChI=1S/C15H28O4.Na.H/c1-4-5-6-7-8-9-10-11-15(12(2)3,13(16)17)14(18)19;;/h12H,4-11H2,1-3H3,(H,16,17)(H,18,19);;. The third-order valence-electron chi connectivity index (χ3n) is 3.92. The van der Waals surface area contributed by atoms with E-state index in [9.17, 15) is 19.8 Å². The quantitative estimate of drug-likeness (QED) is 0.348. The molecule has 0 aliphatic heterocycles. The average Bonchev–Trinajstić information content (AvgIpc) is 2.31. The second-order valence-corrected chi connectivity index (χ2v) is 5.61. The number of hydrogen-bond donors (Lipinski definition) is 2. The fraction of sp³-hybridized carbons (Fsp3) is 0.867. The molecule has 0 amide bonds. The maximum atomic E-state index is 11.3. The van der Waals surface area contributed by atoms with E-state index in [0.717, 1.165) is 19.3 Å². The van der Waals surface area contributed by atoms with Gasteiger partial charge in [0.05, 0.1) is 0 Å². The second-order valence-electron chi connectivity index (χ2n) is 5.61. The van der Waals surface area contributed by atoms with Crippen molar-refractivity contribution in [3.05, 3.63) is 0 Å². The molecule has 0 fully saturated rings. The van der Waals surface area contributed by atoms with Crippen molar-refractivity contribution >= 4 is 41.5 Å². The predicted octanol–water partition coefficient (Wildman–Crippen LogP) is 3.29. The van der Waals surface area contributed by atoms with Crippen LogP contribution in [0.4, 0.5) is 0 Å². The zero-order valence-electron chi connectivity index (χ0n) is 12.4. The Labute approximate surface area is 144 Å². The number of carbonyl (C=O) groups is 2. The molecule has 4 nitrogen and oxygen atoms in total. The summed E-state index contributed by atoms with van der Waals surface area (Å²) in [6, 6.07) is 0. The van der Waals surface area contributed by atoms with Gasteiger partial charge in [0.25, 0.3) is 0 Å². The summed E-state index contributed by atoms with van der Waals surface area (Å²) in [5, 5.41) is 18.5. The molecule has 0 bridgehead atoms. The van der Waals surface area contributed by atoms with E-state index in [1.807, 2.05) is 0 Å². The van der Waals surface area contributed by atoms with Crippen molar-refractivity contribution in [2.24, 2.45) is 11.3 Å². The summed E-state index contributed by atoms with van der Waals surface area (Å²) in [6.45, 7) is 5.50. The first-order valence-corrected chi connectivity index (χ1v) is 7.36. The van der Waals surface area contributed by atoms with E-state index in [1.54, 1.807) is 13.8 Å². The van der Waals surface area contributed by atoms with Gasteiger partial charge in [-0.15, -0.1) is 0 Å². The maximum absolute atomic E-state index is 11.3. The van der Waals surface area contributed by atoms with Crippen LogP contribution in [0.15, 0.2) is 0 Å². The Hall–Kier alpha value is -0.0600. The van der Waals surface area contributed by atoms with Crippen LogP contribution in [0, 0.1) is 11.3 Å². The first-order chi connectivity index (χ1) is 8.89. The Morgan fingerprint density at radius 2 is 1.30 bits per heavy atom. The van der Waals surface area contributed by atoms with E-state index in [0.29, 0.717) is 6.42 Å². The summed E-state index contributed by atoms with van der Waals surface area (Å²) in [6.07, 6.45) is 7.68. The van der Waals surface area contributed by atoms with Crippen LogP contribution in [0.5, 0.6) is 0 Å². The number of rotatable bonds is 11. The Morgan fingerprint density at radius 1 is 0.900 bits per heavy atom. The zero-order chi connectivity index (χ0) is 14.9. The summed E-state index contributed by atoms with van der Waals surface area (Å²) < 4.78 is 0. The summed E-state index contributed by atoms with van der Waals surface area (Å²) in [7, 11) is 0. The summed E-state index contributed by atoms with van der Waals surface area (Å²) in [5.41, 5.74) is -1.62. The molecule has 0 aliphatic rings. The minimum atomic E-state index is -1.62. The van der Waals surface area contributed by atoms with Crippen molar-refractivity contribution in [3.63, 3.8) is 0 Å². The molecular weight excluding hydrogens is 267 g/mol. The van der Waals surface area contributed by atoms with Crippen molar-refractivity contribution in [1.82, 2.24) is 0 Å². The molecule has 20 heavy (non-hydrogen) atoms. The van der Waals surface area contributed by atoms with Gasteiger partial charge in [-0.2, -0.15) is 0 Å². The molecule has 0 spiro atoms. The van der Waals surface area contributed by atoms with Crippen LogP contribution in [-0.4, -0.2) is 51.7 Å². The summed E-state index contributed by atoms with van der Waals surface area (Å²) >= 11 is 0. The van der Waals surface area contributed by atoms with Gasteiger partial charge in [0.2, 0.25) is 0 Å². The molecule has 0 aromatic rings. The molecule has 0 heterocycles. The van der Waals surface area contributed by atoms with E-state index in [4.69, 9.17) is 0 Å². The van der Waals surface area contributed by atoms with Gasteiger partial charge in [0.15, 0.2) is 5.41 Å². The molecule has 114 valence electrons. The molecule has 0 saturated carbocycles. The van der Waals surface area contributed by atoms with Crippen molar-refractivity contribution in [2.45, 2.75) is 72.1 Å². The SMILES string of the molecule is CCCCCCCCCC(C(=O)O)(C(=O)O)C(C)C.[NaH]. The van der Waals surface area contributed by atoms with Gasteiger partial charge in [-0.25, -0.2) is 0 Å². The molecule has 0 aliphatic carbocycles. The van der Waals surface area contributed by atoms with Crippen molar-refractivity contribution in [3.8, 4) is 0 Å². The topological polar surface area (TPSA) is 74.6 Å². The molecular formula is C15H29NaO4. The number of aliphatic carboxylic acids is 2. The van der Waals surface area contributed by atoms with Crippen LogP contribution < -0.4 is 0 Å². The average molecular weight is 296 g/mol. The number of hydrogen-bond acceptors (Lipinski definition) is 2. The van der Waals surface area contributed by atoms with Gasteiger partial charge in [0, 0.05) is 0 Å². The van der Waals surface area contributed by atoms with Crippen LogP contribution in [0.1, 0.15) is 72.1 Å². The van der Waals surface area contributed by atoms with Crippen LogP contribution in [-0.2, 0) is 9.59 Å². The van der Waals surface area contributed by atoms with Crippen molar-refractivity contribution < 1.29 is 19.8 Å². The van der Waals surface area contributed by atoms with E-state index < -0.39 is 23.3 Å². The van der Waals surface area contributed by atoms with Crippen molar-refractivity contribution in [2.75, 3.05) is 0 Å². The Kier molecular flexibility index (Phi) is 12.9. The van der Waals surface area contributed by atoms with Crippen LogP contribution in [0.3, 0.4) is 0 Å². The molecule has 5 heteroatoms. The molecule has 0 radical (unpaired) electrons. The Balaban J connectivity index is 0. The third kappa shape index (κ3) is 6.59. The van der Waals surface area contributed by atoms with Gasteiger partial charge in [0.1, 0.15) is 0 Å². The van der Waals surface area contributed by atoms with Crippen LogP contribution in [0.25, 0.3) is 0 Å². The van der Waals surface area contributed by atoms with E-state index >= 15 is 0 Å². The van der Waals surface area contributed by atoms with E-state index in [2.05, 4.69) is 6.92 Å². The van der Waals surface area contributed by atoms with Crippen LogP contribution in [0.2, 0.25) is 0 Å².